The number of fused-ring (bicyclic) bond motifs is 1. The van der Waals surface area contributed by atoms with Crippen molar-refractivity contribution in [3.8, 4) is 5.75 Å². The lowest BCUT2D eigenvalue weighted by molar-refractivity contribution is 0.0666. The van der Waals surface area contributed by atoms with E-state index in [0.29, 0.717) is 5.82 Å². The van der Waals surface area contributed by atoms with E-state index in [1.54, 1.807) is 0 Å². The third-order valence-electron chi connectivity index (χ3n) is 4.43. The molecule has 0 unspecified atom stereocenters. The van der Waals surface area contributed by atoms with Gasteiger partial charge in [0.2, 0.25) is 0 Å². The Hall–Kier alpha value is -2.30. The molecule has 0 atom stereocenters. The van der Waals surface area contributed by atoms with Crippen LogP contribution in [0.1, 0.15) is 18.4 Å². The lowest BCUT2D eigenvalue weighted by Gasteiger charge is -2.38. The Bertz CT molecular complexity index is 690. The average Bonchev–Trinajstić information content (AvgIpc) is 2.86. The maximum absolute atomic E-state index is 11.8. The summed E-state index contributed by atoms with van der Waals surface area (Å²) in [4.78, 5) is 20.5. The first kappa shape index (κ1) is 12.4. The van der Waals surface area contributed by atoms with Crippen molar-refractivity contribution in [1.82, 2.24) is 9.97 Å². The number of nitrogens with zero attached hydrogens (tertiary/aromatic N) is 2. The molecule has 1 fully saturated rings. The molecule has 2 aliphatic rings. The van der Waals surface area contributed by atoms with E-state index in [-0.39, 0.29) is 11.2 Å². The molecule has 0 amide bonds. The maximum atomic E-state index is 11.8. The number of ether oxygens (including phenoxy) is 1. The fraction of sp³-hybridized carbons (Fsp3) is 0.375. The van der Waals surface area contributed by atoms with Gasteiger partial charge in [-0.3, -0.25) is 4.79 Å². The molecule has 0 saturated carbocycles. The standard InChI is InChI=1S/C16H16N3O2/c20-15-14(17-7-8-18-15)19-9-5-16(6-10-19)11-12-3-1-2-4-13(12)21-16/h1-4,7H,5-6,9-11H2,(H,18,20). The molecule has 1 radical (unpaired) electrons. The number of piperidine rings is 1. The van der Waals surface area contributed by atoms with Crippen LogP contribution in [0.25, 0.3) is 0 Å². The van der Waals surface area contributed by atoms with E-state index in [2.05, 4.69) is 28.3 Å². The van der Waals surface area contributed by atoms with E-state index in [1.807, 2.05) is 17.0 Å². The zero-order chi connectivity index (χ0) is 14.3. The van der Waals surface area contributed by atoms with Crippen molar-refractivity contribution in [3.63, 3.8) is 0 Å². The summed E-state index contributed by atoms with van der Waals surface area (Å²) < 4.78 is 6.21. The molecule has 2 aromatic rings. The fourth-order valence-corrected chi connectivity index (χ4v) is 3.30. The van der Waals surface area contributed by atoms with Gasteiger partial charge in [-0.05, 0) is 11.6 Å². The highest BCUT2D eigenvalue weighted by Crippen LogP contribution is 2.40. The molecule has 5 nitrogen and oxygen atoms in total. The van der Waals surface area contributed by atoms with Gasteiger partial charge >= 0.3 is 0 Å². The molecule has 0 aliphatic carbocycles. The lowest BCUT2D eigenvalue weighted by Crippen LogP contribution is -2.48. The first-order valence-corrected chi connectivity index (χ1v) is 7.23. The van der Waals surface area contributed by atoms with Crippen molar-refractivity contribution < 1.29 is 4.74 Å². The van der Waals surface area contributed by atoms with E-state index >= 15 is 0 Å². The molecular weight excluding hydrogens is 266 g/mol. The smallest absolute Gasteiger partial charge is 0.291 e. The second-order valence-electron chi connectivity index (χ2n) is 5.74. The van der Waals surface area contributed by atoms with E-state index in [9.17, 15) is 4.79 Å². The number of nitrogens with one attached hydrogen (secondary N) is 1. The number of aromatic amines is 1. The third-order valence-corrected chi connectivity index (χ3v) is 4.43. The molecule has 5 heteroatoms. The van der Waals surface area contributed by atoms with Crippen LogP contribution in [0.5, 0.6) is 5.75 Å². The van der Waals surface area contributed by atoms with Gasteiger partial charge in [0.15, 0.2) is 5.82 Å². The van der Waals surface area contributed by atoms with Gasteiger partial charge in [0.1, 0.15) is 11.4 Å². The monoisotopic (exact) mass is 282 g/mol. The van der Waals surface area contributed by atoms with Crippen LogP contribution in [0.2, 0.25) is 0 Å². The number of hydrogen-bond donors (Lipinski definition) is 1. The van der Waals surface area contributed by atoms with Crippen LogP contribution in [-0.2, 0) is 6.42 Å². The van der Waals surface area contributed by atoms with Crippen molar-refractivity contribution in [3.05, 3.63) is 52.6 Å². The van der Waals surface area contributed by atoms with Gasteiger partial charge in [0, 0.05) is 32.4 Å². The summed E-state index contributed by atoms with van der Waals surface area (Å²) in [6.07, 6.45) is 6.87. The summed E-state index contributed by atoms with van der Waals surface area (Å²) >= 11 is 0. The van der Waals surface area contributed by atoms with Crippen molar-refractivity contribution in [2.24, 2.45) is 0 Å². The summed E-state index contributed by atoms with van der Waals surface area (Å²) in [5.74, 6) is 1.50. The fourth-order valence-electron chi connectivity index (χ4n) is 3.30. The minimum Gasteiger partial charge on any atom is -0.487 e. The molecule has 4 rings (SSSR count). The largest absolute Gasteiger partial charge is 0.487 e. The molecule has 1 aromatic carbocycles. The van der Waals surface area contributed by atoms with Crippen LogP contribution in [0.4, 0.5) is 5.82 Å². The molecular formula is C16H16N3O2. The van der Waals surface area contributed by atoms with Crippen molar-refractivity contribution >= 4 is 5.82 Å². The third kappa shape index (κ3) is 2.09. The summed E-state index contributed by atoms with van der Waals surface area (Å²) in [6, 6.07) is 8.24. The number of hydrogen-bond acceptors (Lipinski definition) is 4. The van der Waals surface area contributed by atoms with E-state index < -0.39 is 0 Å². The summed E-state index contributed by atoms with van der Waals surface area (Å²) in [5.41, 5.74) is 1.01. The van der Waals surface area contributed by atoms with Crippen LogP contribution < -0.4 is 15.2 Å². The Morgan fingerprint density at radius 1 is 1.29 bits per heavy atom. The Morgan fingerprint density at radius 3 is 2.86 bits per heavy atom. The second-order valence-corrected chi connectivity index (χ2v) is 5.74. The molecule has 3 heterocycles. The van der Waals surface area contributed by atoms with Gasteiger partial charge in [-0.1, -0.05) is 18.2 Å². The molecule has 1 saturated heterocycles. The SMILES string of the molecule is O=c1[nH][c]cnc1N1CCC2(CC1)Cc1ccccc1O2. The molecule has 107 valence electrons. The number of H-pyrrole nitrogens is 1. The van der Waals surface area contributed by atoms with Crippen LogP contribution in [0.3, 0.4) is 0 Å². The topological polar surface area (TPSA) is 58.2 Å². The number of benzene rings is 1. The normalized spacial score (nSPS) is 19.3. The molecule has 1 N–H and O–H groups in total. The molecule has 2 aliphatic heterocycles. The van der Waals surface area contributed by atoms with E-state index in [1.165, 1.54) is 11.8 Å². The van der Waals surface area contributed by atoms with Gasteiger partial charge in [-0.25, -0.2) is 4.98 Å². The summed E-state index contributed by atoms with van der Waals surface area (Å²) in [6.45, 7) is 1.57. The van der Waals surface area contributed by atoms with Gasteiger partial charge < -0.3 is 14.6 Å². The number of anilines is 1. The van der Waals surface area contributed by atoms with Crippen molar-refractivity contribution in [2.75, 3.05) is 18.0 Å². The predicted molar refractivity (Wildman–Crippen MR) is 78.6 cm³/mol. The van der Waals surface area contributed by atoms with E-state index in [4.69, 9.17) is 4.74 Å². The molecule has 0 bridgehead atoms. The van der Waals surface area contributed by atoms with Crippen molar-refractivity contribution in [2.45, 2.75) is 24.9 Å². The minimum absolute atomic E-state index is 0.103. The Labute approximate surface area is 122 Å². The molecule has 1 spiro atoms. The van der Waals surface area contributed by atoms with Gasteiger partial charge in [-0.15, -0.1) is 0 Å². The number of aromatic nitrogens is 2. The Balaban J connectivity index is 1.51. The Morgan fingerprint density at radius 2 is 2.10 bits per heavy atom. The van der Waals surface area contributed by atoms with Gasteiger partial charge in [-0.2, -0.15) is 0 Å². The zero-order valence-corrected chi connectivity index (χ0v) is 11.6. The molecule has 1 aromatic heterocycles. The minimum atomic E-state index is -0.177. The van der Waals surface area contributed by atoms with Crippen LogP contribution in [0, 0.1) is 6.20 Å². The average molecular weight is 282 g/mol. The van der Waals surface area contributed by atoms with Gasteiger partial charge in [0.25, 0.3) is 5.56 Å². The molecule has 21 heavy (non-hydrogen) atoms. The summed E-state index contributed by atoms with van der Waals surface area (Å²) in [7, 11) is 0. The first-order valence-electron chi connectivity index (χ1n) is 7.23. The van der Waals surface area contributed by atoms with E-state index in [0.717, 1.165) is 38.1 Å². The lowest BCUT2D eigenvalue weighted by atomic mass is 9.87. The Kier molecular flexibility index (Phi) is 2.74. The maximum Gasteiger partial charge on any atom is 0.291 e. The second kappa shape index (κ2) is 4.62. The number of para-hydroxylation sites is 1. The van der Waals surface area contributed by atoms with Gasteiger partial charge in [0.05, 0.1) is 12.4 Å². The summed E-state index contributed by atoms with van der Waals surface area (Å²) in [5, 5.41) is 0. The number of rotatable bonds is 1. The highest BCUT2D eigenvalue weighted by atomic mass is 16.5. The quantitative estimate of drug-likeness (QED) is 0.862. The van der Waals surface area contributed by atoms with Crippen LogP contribution in [0.15, 0.2) is 35.3 Å². The predicted octanol–water partition coefficient (Wildman–Crippen LogP) is 1.54. The highest BCUT2D eigenvalue weighted by molar-refractivity contribution is 5.41. The van der Waals surface area contributed by atoms with Crippen LogP contribution >= 0.6 is 0 Å². The van der Waals surface area contributed by atoms with Crippen LogP contribution in [-0.4, -0.2) is 28.7 Å². The highest BCUT2D eigenvalue weighted by Gasteiger charge is 2.42. The zero-order valence-electron chi connectivity index (χ0n) is 11.6. The van der Waals surface area contributed by atoms with Crippen molar-refractivity contribution in [1.29, 1.82) is 0 Å². The first-order chi connectivity index (χ1) is 10.3.